The van der Waals surface area contributed by atoms with Gasteiger partial charge >= 0.3 is 0 Å². The Morgan fingerprint density at radius 1 is 0.775 bits per heavy atom. The topological polar surface area (TPSA) is 88.3 Å². The van der Waals surface area contributed by atoms with Crippen LogP contribution < -0.4 is 0 Å². The standard InChI is InChI=1S/C33H38N4O3/c1-9-36-29(39)22-17-25-26(18-23(22)30(36)40)35-37(34-25)27-16-21(32(5,6)19-31(2,3)4)15-24(28(27)38)33(7,8)20-13-11-10-12-14-20/h10-18,38H,9,19H2,1-8H3. The third-order valence-corrected chi connectivity index (χ3v) is 8.01. The van der Waals surface area contributed by atoms with Crippen molar-refractivity contribution in [3.8, 4) is 11.4 Å². The van der Waals surface area contributed by atoms with E-state index in [9.17, 15) is 14.7 Å². The highest BCUT2D eigenvalue weighted by molar-refractivity contribution is 6.22. The fourth-order valence-corrected chi connectivity index (χ4v) is 6.17. The van der Waals surface area contributed by atoms with Crippen molar-refractivity contribution in [2.75, 3.05) is 6.54 Å². The number of benzene rings is 3. The lowest BCUT2D eigenvalue weighted by Gasteiger charge is -2.35. The summed E-state index contributed by atoms with van der Waals surface area (Å²) in [6.07, 6.45) is 0.925. The van der Waals surface area contributed by atoms with Gasteiger partial charge in [-0.05, 0) is 53.5 Å². The number of rotatable bonds is 6. The minimum Gasteiger partial charge on any atom is -0.505 e. The normalized spacial score (nSPS) is 14.3. The summed E-state index contributed by atoms with van der Waals surface area (Å²) >= 11 is 0. The Bertz CT molecular complexity index is 1590. The zero-order valence-electron chi connectivity index (χ0n) is 24.7. The third-order valence-electron chi connectivity index (χ3n) is 8.01. The van der Waals surface area contributed by atoms with E-state index in [0.29, 0.717) is 34.4 Å². The molecular formula is C33H38N4O3. The Morgan fingerprint density at radius 3 is 1.82 bits per heavy atom. The molecule has 0 fully saturated rings. The number of phenolic OH excluding ortho intramolecular Hbond substituents is 1. The summed E-state index contributed by atoms with van der Waals surface area (Å²) in [5.74, 6) is -0.541. The summed E-state index contributed by atoms with van der Waals surface area (Å²) in [4.78, 5) is 28.2. The molecule has 1 N–H and O–H groups in total. The van der Waals surface area contributed by atoms with E-state index in [0.717, 1.165) is 23.1 Å². The Morgan fingerprint density at radius 2 is 1.32 bits per heavy atom. The van der Waals surface area contributed by atoms with Crippen LogP contribution in [0.2, 0.25) is 0 Å². The largest absolute Gasteiger partial charge is 0.505 e. The molecule has 0 spiro atoms. The lowest BCUT2D eigenvalue weighted by atomic mass is 9.70. The van der Waals surface area contributed by atoms with Crippen LogP contribution in [-0.2, 0) is 10.8 Å². The summed E-state index contributed by atoms with van der Waals surface area (Å²) < 4.78 is 0. The average Bonchev–Trinajstić information content (AvgIpc) is 3.39. The molecule has 40 heavy (non-hydrogen) atoms. The molecular weight excluding hydrogens is 500 g/mol. The Kier molecular flexibility index (Phi) is 6.40. The minimum absolute atomic E-state index is 0.0846. The van der Waals surface area contributed by atoms with E-state index in [-0.39, 0.29) is 28.4 Å². The lowest BCUT2D eigenvalue weighted by molar-refractivity contribution is 0.0663. The number of hydrogen-bond donors (Lipinski definition) is 1. The van der Waals surface area contributed by atoms with Crippen LogP contribution in [0.15, 0.2) is 54.6 Å². The number of carbonyl (C=O) groups is 2. The second kappa shape index (κ2) is 9.29. The highest BCUT2D eigenvalue weighted by Gasteiger charge is 2.36. The van der Waals surface area contributed by atoms with Crippen molar-refractivity contribution in [3.63, 3.8) is 0 Å². The molecule has 1 aromatic heterocycles. The summed E-state index contributed by atoms with van der Waals surface area (Å²) in [7, 11) is 0. The van der Waals surface area contributed by atoms with Gasteiger partial charge < -0.3 is 5.11 Å². The summed E-state index contributed by atoms with van der Waals surface area (Å²) in [5.41, 5.74) is 4.40. The van der Waals surface area contributed by atoms with E-state index in [2.05, 4.69) is 76.9 Å². The van der Waals surface area contributed by atoms with Crippen molar-refractivity contribution < 1.29 is 14.7 Å². The molecule has 2 amide bonds. The second-order valence-electron chi connectivity index (χ2n) is 13.2. The van der Waals surface area contributed by atoms with Crippen molar-refractivity contribution in [2.45, 2.75) is 72.6 Å². The Labute approximate surface area is 235 Å². The van der Waals surface area contributed by atoms with Gasteiger partial charge in [0.15, 0.2) is 0 Å². The molecule has 2 heterocycles. The van der Waals surface area contributed by atoms with Gasteiger partial charge in [0.2, 0.25) is 0 Å². The van der Waals surface area contributed by atoms with Gasteiger partial charge in [0, 0.05) is 17.5 Å². The van der Waals surface area contributed by atoms with Gasteiger partial charge in [-0.25, -0.2) is 0 Å². The maximum atomic E-state index is 12.8. The minimum atomic E-state index is -0.510. The highest BCUT2D eigenvalue weighted by atomic mass is 16.3. The van der Waals surface area contributed by atoms with Gasteiger partial charge in [0.25, 0.3) is 11.8 Å². The van der Waals surface area contributed by atoms with Crippen LogP contribution in [0.25, 0.3) is 16.7 Å². The van der Waals surface area contributed by atoms with E-state index >= 15 is 0 Å². The first-order valence-corrected chi connectivity index (χ1v) is 13.9. The second-order valence-corrected chi connectivity index (χ2v) is 13.2. The predicted molar refractivity (Wildman–Crippen MR) is 157 cm³/mol. The van der Waals surface area contributed by atoms with Gasteiger partial charge in [-0.1, -0.05) is 84.9 Å². The van der Waals surface area contributed by atoms with Crippen LogP contribution >= 0.6 is 0 Å². The van der Waals surface area contributed by atoms with Gasteiger partial charge in [-0.15, -0.1) is 15.0 Å². The Hall–Kier alpha value is -4.00. The van der Waals surface area contributed by atoms with Crippen LogP contribution in [0, 0.1) is 5.41 Å². The number of amides is 2. The Balaban J connectivity index is 1.72. The van der Waals surface area contributed by atoms with Gasteiger partial charge in [-0.3, -0.25) is 14.5 Å². The SMILES string of the molecule is CCN1C(=O)c2cc3nn(-c4cc(C(C)(C)CC(C)(C)C)cc(C(C)(C)c5ccccc5)c4O)nc3cc2C1=O. The zero-order chi connectivity index (χ0) is 29.2. The number of imide groups is 1. The molecule has 4 aromatic rings. The van der Waals surface area contributed by atoms with Crippen LogP contribution in [-0.4, -0.2) is 43.4 Å². The molecule has 208 valence electrons. The molecule has 0 bridgehead atoms. The van der Waals surface area contributed by atoms with Crippen LogP contribution in [0.5, 0.6) is 5.75 Å². The summed E-state index contributed by atoms with van der Waals surface area (Å²) in [5, 5.41) is 21.2. The van der Waals surface area contributed by atoms with Gasteiger partial charge in [-0.2, -0.15) is 0 Å². The number of nitrogens with zero attached hydrogens (tertiary/aromatic N) is 4. The zero-order valence-corrected chi connectivity index (χ0v) is 24.7. The first-order chi connectivity index (χ1) is 18.6. The van der Waals surface area contributed by atoms with Gasteiger partial charge in [0.05, 0.1) is 11.1 Å². The number of carbonyl (C=O) groups excluding carboxylic acids is 2. The molecule has 0 radical (unpaired) electrons. The van der Waals surface area contributed by atoms with E-state index in [1.54, 1.807) is 19.1 Å². The first-order valence-electron chi connectivity index (χ1n) is 13.9. The predicted octanol–water partition coefficient (Wildman–Crippen LogP) is 6.78. The number of aromatic hydroxyl groups is 1. The fraction of sp³-hybridized carbons (Fsp3) is 0.394. The first kappa shape index (κ1) is 27.6. The molecule has 7 nitrogen and oxygen atoms in total. The smallest absolute Gasteiger partial charge is 0.261 e. The quantitative estimate of drug-likeness (QED) is 0.273. The molecule has 1 aliphatic heterocycles. The summed E-state index contributed by atoms with van der Waals surface area (Å²) in [6.45, 7) is 17.4. The van der Waals surface area contributed by atoms with Crippen LogP contribution in [0.1, 0.15) is 99.2 Å². The van der Waals surface area contributed by atoms with Crippen molar-refractivity contribution >= 4 is 22.8 Å². The van der Waals surface area contributed by atoms with Crippen molar-refractivity contribution in [1.29, 1.82) is 0 Å². The van der Waals surface area contributed by atoms with Crippen LogP contribution in [0.3, 0.4) is 0 Å². The molecule has 0 saturated carbocycles. The molecule has 0 saturated heterocycles. The van der Waals surface area contributed by atoms with Crippen molar-refractivity contribution in [1.82, 2.24) is 19.9 Å². The molecule has 5 rings (SSSR count). The fourth-order valence-electron chi connectivity index (χ4n) is 6.17. The van der Waals surface area contributed by atoms with Crippen molar-refractivity contribution in [3.05, 3.63) is 82.4 Å². The van der Waals surface area contributed by atoms with Crippen molar-refractivity contribution in [2.24, 2.45) is 5.41 Å². The average molecular weight is 539 g/mol. The van der Waals surface area contributed by atoms with E-state index < -0.39 is 5.41 Å². The van der Waals surface area contributed by atoms with Crippen LogP contribution in [0.4, 0.5) is 0 Å². The number of aromatic nitrogens is 3. The molecule has 1 aliphatic rings. The number of hydrogen-bond acceptors (Lipinski definition) is 5. The summed E-state index contributed by atoms with van der Waals surface area (Å²) in [6, 6.07) is 17.5. The molecule has 0 aliphatic carbocycles. The molecule has 0 unspecified atom stereocenters. The maximum absolute atomic E-state index is 12.8. The van der Waals surface area contributed by atoms with E-state index in [4.69, 9.17) is 0 Å². The highest BCUT2D eigenvalue weighted by Crippen LogP contribution is 2.45. The monoisotopic (exact) mass is 538 g/mol. The molecule has 3 aromatic carbocycles. The number of fused-ring (bicyclic) bond motifs is 2. The number of phenols is 1. The maximum Gasteiger partial charge on any atom is 0.261 e. The van der Waals surface area contributed by atoms with E-state index in [1.807, 2.05) is 24.3 Å². The van der Waals surface area contributed by atoms with E-state index in [1.165, 1.54) is 9.70 Å². The lowest BCUT2D eigenvalue weighted by Crippen LogP contribution is -2.29. The van der Waals surface area contributed by atoms with Gasteiger partial charge in [0.1, 0.15) is 22.5 Å². The molecule has 7 heteroatoms. The molecule has 0 atom stereocenters. The third kappa shape index (κ3) is 4.57.